The highest BCUT2D eigenvalue weighted by molar-refractivity contribution is 8.00. The van der Waals surface area contributed by atoms with Crippen molar-refractivity contribution in [2.24, 2.45) is 7.05 Å². The molecule has 0 unspecified atom stereocenters. The number of Topliss-reactive ketones (excluding diaryl/α,β-unsaturated/α-hetero) is 1. The highest BCUT2D eigenvalue weighted by atomic mass is 32.2. The number of carbonyl (C=O) groups is 1. The first-order valence-corrected chi connectivity index (χ1v) is 6.69. The van der Waals surface area contributed by atoms with E-state index < -0.39 is 0 Å². The smallest absolute Gasteiger partial charge is 0.149 e. The van der Waals surface area contributed by atoms with Crippen molar-refractivity contribution in [2.75, 3.05) is 5.75 Å². The molecule has 4 nitrogen and oxygen atoms in total. The molecule has 0 spiro atoms. The van der Waals surface area contributed by atoms with Crippen molar-refractivity contribution in [3.8, 4) is 0 Å². The molecule has 0 aliphatic rings. The average molecular weight is 261 g/mol. The van der Waals surface area contributed by atoms with Crippen LogP contribution in [0.25, 0.3) is 0 Å². The average Bonchev–Trinajstić information content (AvgIpc) is 2.74. The van der Waals surface area contributed by atoms with E-state index in [0.29, 0.717) is 12.2 Å². The molecule has 0 fully saturated rings. The summed E-state index contributed by atoms with van der Waals surface area (Å²) in [5.74, 6) is 0.644. The van der Waals surface area contributed by atoms with E-state index in [9.17, 15) is 4.79 Å². The van der Waals surface area contributed by atoms with Gasteiger partial charge in [0.05, 0.1) is 17.9 Å². The molecule has 0 aliphatic carbocycles. The van der Waals surface area contributed by atoms with Gasteiger partial charge in [-0.2, -0.15) is 0 Å². The zero-order valence-corrected chi connectivity index (χ0v) is 11.3. The molecule has 0 amide bonds. The lowest BCUT2D eigenvalue weighted by Gasteiger charge is -2.03. The Kier molecular flexibility index (Phi) is 4.15. The van der Waals surface area contributed by atoms with Crippen LogP contribution in [0.1, 0.15) is 11.3 Å². The van der Waals surface area contributed by atoms with E-state index in [-0.39, 0.29) is 5.78 Å². The van der Waals surface area contributed by atoms with Gasteiger partial charge in [-0.15, -0.1) is 16.9 Å². The fraction of sp³-hybridized carbons (Fsp3) is 0.308. The topological polar surface area (TPSA) is 47.8 Å². The van der Waals surface area contributed by atoms with Crippen LogP contribution in [0.15, 0.2) is 35.4 Å². The molecule has 2 aromatic rings. The third-order valence-electron chi connectivity index (χ3n) is 2.51. The Morgan fingerprint density at radius 3 is 2.83 bits per heavy atom. The van der Waals surface area contributed by atoms with Crippen molar-refractivity contribution in [2.45, 2.75) is 18.2 Å². The Hall–Kier alpha value is -1.62. The Morgan fingerprint density at radius 2 is 2.17 bits per heavy atom. The highest BCUT2D eigenvalue weighted by Crippen LogP contribution is 2.21. The zero-order chi connectivity index (χ0) is 13.0. The quantitative estimate of drug-likeness (QED) is 0.773. The Bertz CT molecular complexity index is 551. The van der Waals surface area contributed by atoms with Crippen molar-refractivity contribution >= 4 is 17.5 Å². The molecule has 1 aromatic carbocycles. The van der Waals surface area contributed by atoms with Crippen LogP contribution >= 0.6 is 11.8 Å². The van der Waals surface area contributed by atoms with Crippen LogP contribution in [0.4, 0.5) is 0 Å². The molecule has 0 radical (unpaired) electrons. The summed E-state index contributed by atoms with van der Waals surface area (Å²) in [6, 6.07) is 8.08. The van der Waals surface area contributed by atoms with Crippen molar-refractivity contribution in [3.05, 3.63) is 41.7 Å². The Labute approximate surface area is 110 Å². The summed E-state index contributed by atoms with van der Waals surface area (Å²) in [6.07, 6.45) is 2.13. The van der Waals surface area contributed by atoms with Crippen molar-refractivity contribution in [1.82, 2.24) is 15.0 Å². The number of aryl methyl sites for hydroxylation is 2. The number of hydrogen-bond donors (Lipinski definition) is 0. The molecule has 94 valence electrons. The van der Waals surface area contributed by atoms with Crippen LogP contribution in [0.5, 0.6) is 0 Å². The highest BCUT2D eigenvalue weighted by Gasteiger charge is 2.08. The van der Waals surface area contributed by atoms with Gasteiger partial charge >= 0.3 is 0 Å². The maximum absolute atomic E-state index is 11.8. The molecule has 1 aromatic heterocycles. The second-order valence-electron chi connectivity index (χ2n) is 4.15. The second kappa shape index (κ2) is 5.82. The number of thioether (sulfide) groups is 1. The first-order valence-electron chi connectivity index (χ1n) is 5.70. The summed E-state index contributed by atoms with van der Waals surface area (Å²) in [6.45, 7) is 2.05. The van der Waals surface area contributed by atoms with Gasteiger partial charge in [0.15, 0.2) is 0 Å². The summed E-state index contributed by atoms with van der Waals surface area (Å²) >= 11 is 1.58. The first kappa shape index (κ1) is 12.8. The Morgan fingerprint density at radius 1 is 1.39 bits per heavy atom. The van der Waals surface area contributed by atoms with Gasteiger partial charge in [-0.1, -0.05) is 23.4 Å². The van der Waals surface area contributed by atoms with Crippen molar-refractivity contribution in [3.63, 3.8) is 0 Å². The normalized spacial score (nSPS) is 10.6. The lowest BCUT2D eigenvalue weighted by Crippen LogP contribution is -2.06. The van der Waals surface area contributed by atoms with E-state index in [1.54, 1.807) is 29.7 Å². The number of ketones is 1. The van der Waals surface area contributed by atoms with Crippen molar-refractivity contribution in [1.29, 1.82) is 0 Å². The fourth-order valence-electron chi connectivity index (χ4n) is 1.61. The number of rotatable bonds is 5. The standard InChI is InChI=1S/C13H15N3OS/c1-10-5-3-4-6-13(10)18-9-12(17)7-11-8-16(2)15-14-11/h3-6,8H,7,9H2,1-2H3. The zero-order valence-electron chi connectivity index (χ0n) is 10.5. The van der Waals surface area contributed by atoms with E-state index in [2.05, 4.69) is 23.3 Å². The molecule has 18 heavy (non-hydrogen) atoms. The molecule has 1 heterocycles. The molecule has 0 saturated carbocycles. The van der Waals surface area contributed by atoms with Gasteiger partial charge in [-0.05, 0) is 18.6 Å². The minimum Gasteiger partial charge on any atom is -0.298 e. The molecule has 0 N–H and O–H groups in total. The summed E-state index contributed by atoms with van der Waals surface area (Å²) < 4.78 is 1.61. The molecule has 2 rings (SSSR count). The maximum Gasteiger partial charge on any atom is 0.149 e. The molecule has 0 bridgehead atoms. The van der Waals surface area contributed by atoms with Crippen molar-refractivity contribution < 1.29 is 4.79 Å². The SMILES string of the molecule is Cc1ccccc1SCC(=O)Cc1cn(C)nn1. The molecular formula is C13H15N3OS. The van der Waals surface area contributed by atoms with Crippen LogP contribution in [0.2, 0.25) is 0 Å². The molecule has 0 atom stereocenters. The summed E-state index contributed by atoms with van der Waals surface area (Å²) in [7, 11) is 1.79. The van der Waals surface area contributed by atoms with E-state index >= 15 is 0 Å². The molecule has 0 saturated heterocycles. The van der Waals surface area contributed by atoms with Crippen LogP contribution in [-0.4, -0.2) is 26.5 Å². The summed E-state index contributed by atoms with van der Waals surface area (Å²) in [4.78, 5) is 13.0. The molecular weight excluding hydrogens is 246 g/mol. The third kappa shape index (κ3) is 3.43. The monoisotopic (exact) mass is 261 g/mol. The molecule has 5 heteroatoms. The number of hydrogen-bond acceptors (Lipinski definition) is 4. The van der Waals surface area contributed by atoms with Gasteiger partial charge in [-0.3, -0.25) is 9.48 Å². The number of nitrogens with zero attached hydrogens (tertiary/aromatic N) is 3. The van der Waals surface area contributed by atoms with Gasteiger partial charge in [0.25, 0.3) is 0 Å². The van der Waals surface area contributed by atoms with Crippen LogP contribution < -0.4 is 0 Å². The van der Waals surface area contributed by atoms with Gasteiger partial charge in [0, 0.05) is 18.1 Å². The first-order chi connectivity index (χ1) is 8.65. The predicted molar refractivity (Wildman–Crippen MR) is 71.6 cm³/mol. The summed E-state index contributed by atoms with van der Waals surface area (Å²) in [5, 5.41) is 7.72. The predicted octanol–water partition coefficient (Wildman–Crippen LogP) is 2.03. The maximum atomic E-state index is 11.8. The van der Waals surface area contributed by atoms with Gasteiger partial charge < -0.3 is 0 Å². The number of carbonyl (C=O) groups excluding carboxylic acids is 1. The third-order valence-corrected chi connectivity index (χ3v) is 3.75. The van der Waals surface area contributed by atoms with Crippen LogP contribution in [-0.2, 0) is 18.3 Å². The minimum absolute atomic E-state index is 0.170. The lowest BCUT2D eigenvalue weighted by atomic mass is 10.2. The van der Waals surface area contributed by atoms with Crippen LogP contribution in [0.3, 0.4) is 0 Å². The number of aromatic nitrogens is 3. The summed E-state index contributed by atoms with van der Waals surface area (Å²) in [5.41, 5.74) is 1.93. The minimum atomic E-state index is 0.170. The van der Waals surface area contributed by atoms with Gasteiger partial charge in [-0.25, -0.2) is 0 Å². The second-order valence-corrected chi connectivity index (χ2v) is 5.17. The van der Waals surface area contributed by atoms with Gasteiger partial charge in [0.2, 0.25) is 0 Å². The van der Waals surface area contributed by atoms with E-state index in [1.807, 2.05) is 18.2 Å². The largest absolute Gasteiger partial charge is 0.298 e. The fourth-order valence-corrected chi connectivity index (χ4v) is 2.50. The Balaban J connectivity index is 1.87. The van der Waals surface area contributed by atoms with Gasteiger partial charge in [0.1, 0.15) is 5.78 Å². The lowest BCUT2D eigenvalue weighted by molar-refractivity contribution is -0.116. The van der Waals surface area contributed by atoms with E-state index in [1.165, 1.54) is 5.56 Å². The van der Waals surface area contributed by atoms with E-state index in [0.717, 1.165) is 10.6 Å². The molecule has 0 aliphatic heterocycles. The van der Waals surface area contributed by atoms with E-state index in [4.69, 9.17) is 0 Å². The van der Waals surface area contributed by atoms with Crippen LogP contribution in [0, 0.1) is 6.92 Å². The number of benzene rings is 1.